The van der Waals surface area contributed by atoms with Crippen LogP contribution in [0.25, 0.3) is 0 Å². The van der Waals surface area contributed by atoms with Crippen LogP contribution in [0.2, 0.25) is 0 Å². The van der Waals surface area contributed by atoms with Gasteiger partial charge in [0.1, 0.15) is 11.7 Å². The number of carbonyl (C=O) groups excluding carboxylic acids is 1. The van der Waals surface area contributed by atoms with Gasteiger partial charge in [-0.05, 0) is 24.1 Å². The van der Waals surface area contributed by atoms with Crippen molar-refractivity contribution in [1.29, 1.82) is 0 Å². The third kappa shape index (κ3) is 5.24. The van der Waals surface area contributed by atoms with Crippen LogP contribution in [0.3, 0.4) is 0 Å². The number of aliphatic imine (C=N–C) groups is 1. The van der Waals surface area contributed by atoms with Crippen molar-refractivity contribution < 1.29 is 44.3 Å². The van der Waals surface area contributed by atoms with Gasteiger partial charge in [-0.15, -0.1) is 0 Å². The molecule has 0 aromatic heterocycles. The zero-order chi connectivity index (χ0) is 27.1. The predicted molar refractivity (Wildman–Crippen MR) is 113 cm³/mol. The summed E-state index contributed by atoms with van der Waals surface area (Å²) in [6.45, 7) is 3.33. The smallest absolute Gasteiger partial charge is 0.350 e. The number of alkyl halides is 9. The monoisotopic (exact) mass is 527 g/mol. The lowest BCUT2D eigenvalue weighted by atomic mass is 9.86. The van der Waals surface area contributed by atoms with Gasteiger partial charge in [-0.1, -0.05) is 43.3 Å². The van der Waals surface area contributed by atoms with E-state index in [1.807, 2.05) is 0 Å². The molecule has 0 fully saturated rings. The molecule has 2 aliphatic rings. The van der Waals surface area contributed by atoms with Crippen LogP contribution in [0.1, 0.15) is 49.9 Å². The number of nitrogens with zero attached hydrogens (tertiary/aromatic N) is 2. The Kier molecular flexibility index (Phi) is 7.26. The summed E-state index contributed by atoms with van der Waals surface area (Å²) in [6.07, 6.45) is -16.4. The molecular weight excluding hydrogens is 505 g/mol. The van der Waals surface area contributed by atoms with Crippen LogP contribution >= 0.6 is 0 Å². The maximum absolute atomic E-state index is 14.4. The fourth-order valence-electron chi connectivity index (χ4n) is 4.25. The Bertz CT molecular complexity index is 1050. The summed E-state index contributed by atoms with van der Waals surface area (Å²) in [4.78, 5) is 14.6. The minimum absolute atomic E-state index is 0.146. The lowest BCUT2D eigenvalue weighted by Crippen LogP contribution is -2.66. The standard InChI is InChI=1S/C23H22F9N3O/c1-3-19(36)34-13(2)14-7-9-15(10-8-14)16-11-20(12-33-16,23(30,31)32)35-17(21(24,25)26)5-4-6-18(35)22(27,28)29/h4-10,12-13,16-17H,3,11H2,1-2H3,(H,34,36). The second-order valence-electron chi connectivity index (χ2n) is 8.52. The summed E-state index contributed by atoms with van der Waals surface area (Å²) >= 11 is 0. The second-order valence-corrected chi connectivity index (χ2v) is 8.52. The highest BCUT2D eigenvalue weighted by Gasteiger charge is 2.67. The molecule has 1 N–H and O–H groups in total. The summed E-state index contributed by atoms with van der Waals surface area (Å²) in [7, 11) is 0. The Balaban J connectivity index is 1.99. The average molecular weight is 527 g/mol. The van der Waals surface area contributed by atoms with E-state index >= 15 is 0 Å². The molecule has 0 saturated carbocycles. The van der Waals surface area contributed by atoms with Gasteiger partial charge in [0.2, 0.25) is 5.91 Å². The molecule has 0 spiro atoms. The van der Waals surface area contributed by atoms with Gasteiger partial charge in [0, 0.05) is 19.1 Å². The van der Waals surface area contributed by atoms with Gasteiger partial charge < -0.3 is 10.2 Å². The van der Waals surface area contributed by atoms with Crippen molar-refractivity contribution in [1.82, 2.24) is 10.2 Å². The minimum atomic E-state index is -5.52. The van der Waals surface area contributed by atoms with Crippen LogP contribution in [-0.4, -0.2) is 47.1 Å². The van der Waals surface area contributed by atoms with E-state index in [2.05, 4.69) is 10.3 Å². The SMILES string of the molecule is CCC(=O)NC(C)c1ccc(C2CC(N3C(C(F)(F)F)=CC=CC3C(F)(F)F)(C(F)(F)F)C=N2)cc1. The van der Waals surface area contributed by atoms with Gasteiger partial charge in [-0.25, -0.2) is 0 Å². The Morgan fingerprint density at radius 1 is 1.11 bits per heavy atom. The van der Waals surface area contributed by atoms with E-state index in [-0.39, 0.29) is 36.3 Å². The van der Waals surface area contributed by atoms with Crippen molar-refractivity contribution in [3.63, 3.8) is 0 Å². The quantitative estimate of drug-likeness (QED) is 0.455. The number of allylic oxidation sites excluding steroid dienone is 3. The number of benzene rings is 1. The van der Waals surface area contributed by atoms with Crippen LogP contribution in [0.15, 0.2) is 53.2 Å². The van der Waals surface area contributed by atoms with Gasteiger partial charge in [-0.3, -0.25) is 9.79 Å². The lowest BCUT2D eigenvalue weighted by Gasteiger charge is -2.48. The molecule has 1 aromatic carbocycles. The number of carbonyl (C=O) groups is 1. The molecule has 2 aliphatic heterocycles. The molecule has 4 unspecified atom stereocenters. The largest absolute Gasteiger partial charge is 0.431 e. The highest BCUT2D eigenvalue weighted by atomic mass is 19.4. The topological polar surface area (TPSA) is 44.7 Å². The summed E-state index contributed by atoms with van der Waals surface area (Å²) in [5, 5.41) is 2.70. The zero-order valence-electron chi connectivity index (χ0n) is 19.0. The number of amides is 1. The zero-order valence-corrected chi connectivity index (χ0v) is 19.0. The first-order chi connectivity index (χ1) is 16.5. The third-order valence-corrected chi connectivity index (χ3v) is 6.12. The fourth-order valence-corrected chi connectivity index (χ4v) is 4.25. The Hall–Kier alpha value is -2.99. The molecule has 0 saturated heterocycles. The summed E-state index contributed by atoms with van der Waals surface area (Å²) < 4.78 is 125. The number of hydrogen-bond donors (Lipinski definition) is 1. The van der Waals surface area contributed by atoms with Gasteiger partial charge in [0.05, 0.1) is 12.1 Å². The van der Waals surface area contributed by atoms with Gasteiger partial charge >= 0.3 is 18.5 Å². The van der Waals surface area contributed by atoms with Gasteiger partial charge in [0.25, 0.3) is 0 Å². The summed E-state index contributed by atoms with van der Waals surface area (Å²) in [5.41, 5.74) is -4.95. The highest BCUT2D eigenvalue weighted by Crippen LogP contribution is 2.52. The van der Waals surface area contributed by atoms with Gasteiger partial charge in [0.15, 0.2) is 5.54 Å². The summed E-state index contributed by atoms with van der Waals surface area (Å²) in [6, 6.07) is 0.823. The van der Waals surface area contributed by atoms with E-state index in [9.17, 15) is 44.3 Å². The molecule has 3 rings (SSSR count). The molecule has 1 amide bonds. The van der Waals surface area contributed by atoms with E-state index in [0.717, 1.165) is 0 Å². The van der Waals surface area contributed by atoms with E-state index < -0.39 is 59.2 Å². The summed E-state index contributed by atoms with van der Waals surface area (Å²) in [5.74, 6) is -0.231. The molecule has 0 bridgehead atoms. The minimum Gasteiger partial charge on any atom is -0.350 e. The molecule has 1 aromatic rings. The van der Waals surface area contributed by atoms with Crippen molar-refractivity contribution in [3.8, 4) is 0 Å². The molecule has 0 radical (unpaired) electrons. The van der Waals surface area contributed by atoms with Crippen molar-refractivity contribution in [3.05, 3.63) is 59.3 Å². The first kappa shape index (κ1) is 27.6. The molecule has 0 aliphatic carbocycles. The van der Waals surface area contributed by atoms with Crippen molar-refractivity contribution in [2.24, 2.45) is 4.99 Å². The predicted octanol–water partition coefficient (Wildman–Crippen LogP) is 6.34. The van der Waals surface area contributed by atoms with E-state index in [0.29, 0.717) is 11.6 Å². The average Bonchev–Trinajstić information content (AvgIpc) is 3.24. The molecule has 4 atom stereocenters. The van der Waals surface area contributed by atoms with Crippen molar-refractivity contribution in [2.75, 3.05) is 0 Å². The number of nitrogens with one attached hydrogen (secondary N) is 1. The van der Waals surface area contributed by atoms with Crippen LogP contribution < -0.4 is 5.32 Å². The molecule has 198 valence electrons. The second kappa shape index (κ2) is 9.47. The van der Waals surface area contributed by atoms with E-state index in [4.69, 9.17) is 0 Å². The molecule has 36 heavy (non-hydrogen) atoms. The maximum Gasteiger partial charge on any atom is 0.431 e. The Labute approximate surface area is 200 Å². The van der Waals surface area contributed by atoms with Crippen molar-refractivity contribution in [2.45, 2.75) is 68.9 Å². The third-order valence-electron chi connectivity index (χ3n) is 6.12. The molecule has 2 heterocycles. The molecule has 13 heteroatoms. The van der Waals surface area contributed by atoms with Crippen LogP contribution in [-0.2, 0) is 4.79 Å². The van der Waals surface area contributed by atoms with Crippen LogP contribution in [0.4, 0.5) is 39.5 Å². The van der Waals surface area contributed by atoms with Crippen LogP contribution in [0, 0.1) is 0 Å². The first-order valence-electron chi connectivity index (χ1n) is 10.8. The normalized spacial score (nSPS) is 25.6. The van der Waals surface area contributed by atoms with E-state index in [1.54, 1.807) is 13.8 Å². The number of halogens is 9. The Morgan fingerprint density at radius 3 is 2.22 bits per heavy atom. The van der Waals surface area contributed by atoms with Crippen LogP contribution in [0.5, 0.6) is 0 Å². The highest BCUT2D eigenvalue weighted by molar-refractivity contribution is 5.76. The Morgan fingerprint density at radius 2 is 1.72 bits per heavy atom. The number of hydrogen-bond acceptors (Lipinski definition) is 3. The van der Waals surface area contributed by atoms with Crippen molar-refractivity contribution >= 4 is 12.1 Å². The maximum atomic E-state index is 14.4. The first-order valence-corrected chi connectivity index (χ1v) is 10.8. The molecular formula is C23H22F9N3O. The molecule has 4 nitrogen and oxygen atoms in total. The fraction of sp³-hybridized carbons (Fsp3) is 0.478. The van der Waals surface area contributed by atoms with E-state index in [1.165, 1.54) is 24.3 Å². The van der Waals surface area contributed by atoms with Gasteiger partial charge in [-0.2, -0.15) is 39.5 Å². The lowest BCUT2D eigenvalue weighted by molar-refractivity contribution is -0.247. The number of rotatable bonds is 5.